The molecule has 0 amide bonds. The number of hydrogen-bond donors (Lipinski definition) is 1. The molecule has 0 unspecified atom stereocenters. The molecule has 2 aromatic heterocycles. The van der Waals surface area contributed by atoms with Gasteiger partial charge in [-0.2, -0.15) is 0 Å². The first-order valence-electron chi connectivity index (χ1n) is 5.59. The molecule has 2 rings (SSSR count). The van der Waals surface area contributed by atoms with Crippen LogP contribution < -0.4 is 11.3 Å². The molecule has 17 heavy (non-hydrogen) atoms. The number of rotatable bonds is 4. The minimum atomic E-state index is 0.00216. The summed E-state index contributed by atoms with van der Waals surface area (Å²) >= 11 is 0. The maximum atomic E-state index is 11.7. The van der Waals surface area contributed by atoms with E-state index in [2.05, 4.69) is 4.98 Å². The lowest BCUT2D eigenvalue weighted by atomic mass is 10.2. The number of pyridine rings is 1. The Morgan fingerprint density at radius 1 is 1.41 bits per heavy atom. The van der Waals surface area contributed by atoms with Crippen LogP contribution in [0.5, 0.6) is 0 Å². The van der Waals surface area contributed by atoms with Crippen molar-refractivity contribution in [2.24, 2.45) is 0 Å². The van der Waals surface area contributed by atoms with E-state index in [0.717, 1.165) is 18.5 Å². The second-order valence-electron chi connectivity index (χ2n) is 4.10. The highest BCUT2D eigenvalue weighted by Gasteiger charge is 2.00. The summed E-state index contributed by atoms with van der Waals surface area (Å²) in [7, 11) is 0. The zero-order valence-electron chi connectivity index (χ0n) is 9.84. The zero-order chi connectivity index (χ0) is 12.3. The van der Waals surface area contributed by atoms with Gasteiger partial charge in [0.1, 0.15) is 0 Å². The van der Waals surface area contributed by atoms with Crippen molar-refractivity contribution in [3.05, 3.63) is 46.9 Å². The predicted molar refractivity (Wildman–Crippen MR) is 66.7 cm³/mol. The molecular formula is C12H16N4O. The Labute approximate surface area is 99.5 Å². The van der Waals surface area contributed by atoms with Crippen LogP contribution in [0.1, 0.15) is 12.0 Å². The normalized spacial score (nSPS) is 10.6. The van der Waals surface area contributed by atoms with Crippen molar-refractivity contribution in [2.75, 3.05) is 5.73 Å². The van der Waals surface area contributed by atoms with Gasteiger partial charge in [0.05, 0.1) is 12.0 Å². The van der Waals surface area contributed by atoms with Crippen molar-refractivity contribution >= 4 is 5.69 Å². The van der Waals surface area contributed by atoms with Crippen LogP contribution in [0.2, 0.25) is 0 Å². The first-order valence-corrected chi connectivity index (χ1v) is 5.59. The van der Waals surface area contributed by atoms with E-state index in [-0.39, 0.29) is 5.56 Å². The van der Waals surface area contributed by atoms with Gasteiger partial charge in [-0.1, -0.05) is 0 Å². The fourth-order valence-electron chi connectivity index (χ4n) is 1.70. The predicted octanol–water partition coefficient (Wildman–Crippen LogP) is 1.03. The van der Waals surface area contributed by atoms with Gasteiger partial charge in [0.25, 0.3) is 5.56 Å². The van der Waals surface area contributed by atoms with Crippen molar-refractivity contribution in [3.63, 3.8) is 0 Å². The second kappa shape index (κ2) is 4.86. The molecule has 90 valence electrons. The van der Waals surface area contributed by atoms with Gasteiger partial charge in [0.2, 0.25) is 0 Å². The molecule has 0 saturated carbocycles. The highest BCUT2D eigenvalue weighted by Crippen LogP contribution is 2.05. The van der Waals surface area contributed by atoms with E-state index in [9.17, 15) is 4.79 Å². The summed E-state index contributed by atoms with van der Waals surface area (Å²) in [5.74, 6) is 0. The molecule has 0 spiro atoms. The lowest BCUT2D eigenvalue weighted by molar-refractivity contribution is 0.553. The number of imidazole rings is 1. The minimum absolute atomic E-state index is 0.00216. The first-order chi connectivity index (χ1) is 8.16. The summed E-state index contributed by atoms with van der Waals surface area (Å²) in [4.78, 5) is 15.6. The summed E-state index contributed by atoms with van der Waals surface area (Å²) in [5.41, 5.74) is 7.28. The summed E-state index contributed by atoms with van der Waals surface area (Å²) in [6.45, 7) is 3.36. The lowest BCUT2D eigenvalue weighted by Crippen LogP contribution is -2.20. The highest BCUT2D eigenvalue weighted by molar-refractivity contribution is 5.42. The molecule has 0 bridgehead atoms. The molecule has 0 atom stereocenters. The summed E-state index contributed by atoms with van der Waals surface area (Å²) in [6, 6.07) is 1.58. The molecular weight excluding hydrogens is 216 g/mol. The van der Waals surface area contributed by atoms with Crippen molar-refractivity contribution in [1.29, 1.82) is 0 Å². The van der Waals surface area contributed by atoms with Crippen LogP contribution in [-0.2, 0) is 13.1 Å². The standard InChI is InChI=1S/C12H16N4O/c1-10-7-12(17)16(8-11(10)13)5-2-4-15-6-3-14-9-15/h3,6-9H,2,4-5,13H2,1H3. The molecule has 0 aliphatic heterocycles. The third kappa shape index (κ3) is 2.75. The topological polar surface area (TPSA) is 65.8 Å². The van der Waals surface area contributed by atoms with Crippen molar-refractivity contribution in [1.82, 2.24) is 14.1 Å². The van der Waals surface area contributed by atoms with Crippen molar-refractivity contribution in [3.8, 4) is 0 Å². The van der Waals surface area contributed by atoms with E-state index in [1.807, 2.05) is 17.7 Å². The Morgan fingerprint density at radius 2 is 2.24 bits per heavy atom. The molecule has 0 aromatic carbocycles. The third-order valence-electron chi connectivity index (χ3n) is 2.75. The molecule has 0 aliphatic rings. The Bertz CT molecular complexity index is 542. The molecule has 0 radical (unpaired) electrons. The number of aromatic nitrogens is 3. The van der Waals surface area contributed by atoms with E-state index < -0.39 is 0 Å². The van der Waals surface area contributed by atoms with Crippen LogP contribution in [0.15, 0.2) is 35.8 Å². The van der Waals surface area contributed by atoms with E-state index in [4.69, 9.17) is 5.73 Å². The van der Waals surface area contributed by atoms with Gasteiger partial charge in [0.15, 0.2) is 0 Å². The monoisotopic (exact) mass is 232 g/mol. The van der Waals surface area contributed by atoms with Crippen LogP contribution in [0.4, 0.5) is 5.69 Å². The summed E-state index contributed by atoms with van der Waals surface area (Å²) in [5, 5.41) is 0. The van der Waals surface area contributed by atoms with Crippen LogP contribution in [0.3, 0.4) is 0 Å². The maximum Gasteiger partial charge on any atom is 0.250 e. The van der Waals surface area contributed by atoms with Gasteiger partial charge < -0.3 is 14.9 Å². The molecule has 5 nitrogen and oxygen atoms in total. The van der Waals surface area contributed by atoms with Crippen LogP contribution in [0.25, 0.3) is 0 Å². The Kier molecular flexibility index (Phi) is 3.27. The molecule has 2 heterocycles. The first kappa shape index (κ1) is 11.4. The Balaban J connectivity index is 2.00. The smallest absolute Gasteiger partial charge is 0.250 e. The molecule has 2 aromatic rings. The van der Waals surface area contributed by atoms with Crippen LogP contribution in [-0.4, -0.2) is 14.1 Å². The van der Waals surface area contributed by atoms with Gasteiger partial charge in [-0.05, 0) is 18.9 Å². The highest BCUT2D eigenvalue weighted by atomic mass is 16.1. The Hall–Kier alpha value is -2.04. The molecule has 0 saturated heterocycles. The third-order valence-corrected chi connectivity index (χ3v) is 2.75. The van der Waals surface area contributed by atoms with E-state index in [1.54, 1.807) is 29.4 Å². The average molecular weight is 232 g/mol. The summed E-state index contributed by atoms with van der Waals surface area (Å²) < 4.78 is 3.64. The van der Waals surface area contributed by atoms with Gasteiger partial charge in [-0.3, -0.25) is 4.79 Å². The second-order valence-corrected chi connectivity index (χ2v) is 4.10. The zero-order valence-corrected chi connectivity index (χ0v) is 9.84. The summed E-state index contributed by atoms with van der Waals surface area (Å²) in [6.07, 6.45) is 8.01. The molecule has 5 heteroatoms. The molecule has 0 fully saturated rings. The van der Waals surface area contributed by atoms with Gasteiger partial charge in [-0.15, -0.1) is 0 Å². The average Bonchev–Trinajstić information content (AvgIpc) is 2.78. The largest absolute Gasteiger partial charge is 0.397 e. The number of nitrogens with zero attached hydrogens (tertiary/aromatic N) is 3. The number of nitrogens with two attached hydrogens (primary N) is 1. The van der Waals surface area contributed by atoms with E-state index in [0.29, 0.717) is 12.2 Å². The molecule has 0 aliphatic carbocycles. The van der Waals surface area contributed by atoms with Crippen LogP contribution >= 0.6 is 0 Å². The Morgan fingerprint density at radius 3 is 2.94 bits per heavy atom. The van der Waals surface area contributed by atoms with Crippen LogP contribution in [0, 0.1) is 6.92 Å². The fraction of sp³-hybridized carbons (Fsp3) is 0.333. The number of nitrogen functional groups attached to an aromatic ring is 1. The quantitative estimate of drug-likeness (QED) is 0.856. The number of anilines is 1. The maximum absolute atomic E-state index is 11.7. The molecule has 2 N–H and O–H groups in total. The number of hydrogen-bond acceptors (Lipinski definition) is 3. The van der Waals surface area contributed by atoms with E-state index in [1.165, 1.54) is 0 Å². The van der Waals surface area contributed by atoms with Gasteiger partial charge >= 0.3 is 0 Å². The van der Waals surface area contributed by atoms with Gasteiger partial charge in [-0.25, -0.2) is 4.98 Å². The van der Waals surface area contributed by atoms with Crippen molar-refractivity contribution in [2.45, 2.75) is 26.4 Å². The fourth-order valence-corrected chi connectivity index (χ4v) is 1.70. The minimum Gasteiger partial charge on any atom is -0.397 e. The number of aryl methyl sites for hydroxylation is 3. The van der Waals surface area contributed by atoms with Crippen molar-refractivity contribution < 1.29 is 0 Å². The lowest BCUT2D eigenvalue weighted by Gasteiger charge is -2.08. The SMILES string of the molecule is Cc1cc(=O)n(CCCn2ccnc2)cc1N. The van der Waals surface area contributed by atoms with Gasteiger partial charge in [0, 0.05) is 37.7 Å². The van der Waals surface area contributed by atoms with E-state index >= 15 is 0 Å².